The molecule has 0 bridgehead atoms. The van der Waals surface area contributed by atoms with Gasteiger partial charge in [0, 0.05) is 24.7 Å². The summed E-state index contributed by atoms with van der Waals surface area (Å²) in [7, 11) is 1.84. The lowest BCUT2D eigenvalue weighted by molar-refractivity contribution is -0.127. The van der Waals surface area contributed by atoms with Crippen molar-refractivity contribution in [2.24, 2.45) is 0 Å². The Morgan fingerprint density at radius 2 is 2.11 bits per heavy atom. The van der Waals surface area contributed by atoms with E-state index in [9.17, 15) is 22.4 Å². The Morgan fingerprint density at radius 3 is 2.78 bits per heavy atom. The number of hydrogen-bond acceptors (Lipinski definition) is 6. The maximum absolute atomic E-state index is 14.6. The van der Waals surface area contributed by atoms with Crippen LogP contribution in [0, 0.1) is 11.8 Å². The summed E-state index contributed by atoms with van der Waals surface area (Å²) >= 11 is 0. The van der Waals surface area contributed by atoms with Gasteiger partial charge in [-0.25, -0.2) is 8.91 Å². The number of hydrogen-bond donors (Lipinski definition) is 2. The van der Waals surface area contributed by atoms with E-state index in [0.29, 0.717) is 24.5 Å². The third kappa shape index (κ3) is 6.40. The smallest absolute Gasteiger partial charge is 0.364 e. The van der Waals surface area contributed by atoms with E-state index >= 15 is 0 Å². The second-order valence-electron chi connectivity index (χ2n) is 9.40. The van der Waals surface area contributed by atoms with E-state index in [1.165, 1.54) is 16.6 Å². The van der Waals surface area contributed by atoms with Crippen molar-refractivity contribution in [2.75, 3.05) is 32.0 Å². The van der Waals surface area contributed by atoms with E-state index in [1.807, 2.05) is 25.8 Å². The Kier molecular flexibility index (Phi) is 7.73. The second kappa shape index (κ2) is 10.8. The van der Waals surface area contributed by atoms with Gasteiger partial charge in [-0.3, -0.25) is 4.79 Å². The molecule has 1 aliphatic rings. The van der Waals surface area contributed by atoms with E-state index in [1.54, 1.807) is 12.1 Å². The Morgan fingerprint density at radius 1 is 1.32 bits per heavy atom. The molecule has 3 aromatic heterocycles. The highest BCUT2D eigenvalue weighted by atomic mass is 19.4. The van der Waals surface area contributed by atoms with E-state index < -0.39 is 30.7 Å². The number of amides is 1. The number of piperidine rings is 1. The lowest BCUT2D eigenvalue weighted by Gasteiger charge is -2.33. The Labute approximate surface area is 211 Å². The molecule has 0 aromatic carbocycles. The molecular formula is C25H28F4N6O2. The van der Waals surface area contributed by atoms with Crippen LogP contribution in [0.15, 0.2) is 28.8 Å². The van der Waals surface area contributed by atoms with Gasteiger partial charge in [-0.2, -0.15) is 18.3 Å². The van der Waals surface area contributed by atoms with Crippen LogP contribution >= 0.6 is 0 Å². The first kappa shape index (κ1) is 26.5. The molecule has 2 atom stereocenters. The molecule has 4 heterocycles. The van der Waals surface area contributed by atoms with E-state index in [2.05, 4.69) is 32.7 Å². The van der Waals surface area contributed by atoms with Crippen molar-refractivity contribution in [3.63, 3.8) is 0 Å². The number of nitrogens with zero attached hydrogens (tertiary/aromatic N) is 4. The van der Waals surface area contributed by atoms with Gasteiger partial charge in [0.05, 0.1) is 30.2 Å². The van der Waals surface area contributed by atoms with Crippen LogP contribution in [0.25, 0.3) is 5.52 Å². The molecule has 1 amide bonds. The Bertz CT molecular complexity index is 1320. The lowest BCUT2D eigenvalue weighted by Crippen LogP contribution is -2.46. The number of alkyl halides is 4. The minimum absolute atomic E-state index is 0.0202. The molecule has 198 valence electrons. The van der Waals surface area contributed by atoms with Crippen LogP contribution in [0.5, 0.6) is 0 Å². The minimum atomic E-state index is -4.49. The fourth-order valence-electron chi connectivity index (χ4n) is 4.12. The van der Waals surface area contributed by atoms with Gasteiger partial charge in [0.15, 0.2) is 0 Å². The van der Waals surface area contributed by atoms with Gasteiger partial charge in [0.1, 0.15) is 17.7 Å². The standard InChI is InChI=1S/C25H28F4N6O2/c1-15(2)20-12-22(37-33-20)24(36)30-10-5-6-18-16(13-25(27,28)29)21-7-4-8-23(35(21)32-18)31-19-9-11-34(3)14-17(19)26/h4,7-8,12,15,17,19,31H,9-11,13-14H2,1-3H3,(H,30,36)/t17-,19+/m0/s1. The number of halogens is 4. The molecule has 2 N–H and O–H groups in total. The van der Waals surface area contributed by atoms with Crippen LogP contribution in [0.4, 0.5) is 23.4 Å². The summed E-state index contributed by atoms with van der Waals surface area (Å²) in [6.45, 7) is 4.63. The summed E-state index contributed by atoms with van der Waals surface area (Å²) in [5.74, 6) is 5.26. The number of carbonyl (C=O) groups excluding carboxylic acids is 1. The van der Waals surface area contributed by atoms with Gasteiger partial charge in [-0.15, -0.1) is 0 Å². The van der Waals surface area contributed by atoms with Crippen molar-refractivity contribution >= 4 is 17.2 Å². The van der Waals surface area contributed by atoms with Crippen LogP contribution in [0.3, 0.4) is 0 Å². The van der Waals surface area contributed by atoms with Crippen molar-refractivity contribution in [3.8, 4) is 11.8 Å². The zero-order valence-corrected chi connectivity index (χ0v) is 20.7. The highest BCUT2D eigenvalue weighted by Gasteiger charge is 2.32. The fourth-order valence-corrected chi connectivity index (χ4v) is 4.12. The predicted octanol–water partition coefficient (Wildman–Crippen LogP) is 3.79. The topological polar surface area (TPSA) is 87.7 Å². The number of nitrogens with one attached hydrogen (secondary N) is 2. The molecule has 3 aromatic rings. The monoisotopic (exact) mass is 520 g/mol. The summed E-state index contributed by atoms with van der Waals surface area (Å²) in [5, 5.41) is 13.8. The fraction of sp³-hybridized carbons (Fsp3) is 0.480. The molecule has 1 aliphatic heterocycles. The zero-order valence-electron chi connectivity index (χ0n) is 20.7. The molecule has 8 nitrogen and oxygen atoms in total. The number of carbonyl (C=O) groups is 1. The maximum Gasteiger partial charge on any atom is 0.393 e. The largest absolute Gasteiger partial charge is 0.393 e. The van der Waals surface area contributed by atoms with Crippen LogP contribution in [0.1, 0.15) is 53.7 Å². The average Bonchev–Trinajstić information content (AvgIpc) is 3.44. The first-order chi connectivity index (χ1) is 17.5. The van der Waals surface area contributed by atoms with Crippen LogP contribution in [-0.2, 0) is 6.42 Å². The molecule has 0 aliphatic carbocycles. The highest BCUT2D eigenvalue weighted by molar-refractivity contribution is 5.91. The van der Waals surface area contributed by atoms with Crippen molar-refractivity contribution in [1.82, 2.24) is 25.0 Å². The Balaban J connectivity index is 1.56. The third-order valence-corrected chi connectivity index (χ3v) is 6.10. The summed E-state index contributed by atoms with van der Waals surface area (Å²) in [4.78, 5) is 14.1. The summed E-state index contributed by atoms with van der Waals surface area (Å²) in [5.41, 5.74) is 0.693. The number of anilines is 1. The highest BCUT2D eigenvalue weighted by Crippen LogP contribution is 2.28. The predicted molar refractivity (Wildman–Crippen MR) is 129 cm³/mol. The molecular weight excluding hydrogens is 492 g/mol. The zero-order chi connectivity index (χ0) is 26.7. The van der Waals surface area contributed by atoms with Crippen LogP contribution in [0.2, 0.25) is 0 Å². The van der Waals surface area contributed by atoms with Gasteiger partial charge in [0.25, 0.3) is 5.91 Å². The second-order valence-corrected chi connectivity index (χ2v) is 9.40. The molecule has 0 radical (unpaired) electrons. The number of fused-ring (bicyclic) bond motifs is 1. The van der Waals surface area contributed by atoms with E-state index in [-0.39, 0.29) is 41.5 Å². The minimum Gasteiger partial charge on any atom is -0.364 e. The van der Waals surface area contributed by atoms with Gasteiger partial charge < -0.3 is 20.1 Å². The van der Waals surface area contributed by atoms with Crippen molar-refractivity contribution in [1.29, 1.82) is 0 Å². The lowest BCUT2D eigenvalue weighted by atomic mass is 10.0. The van der Waals surface area contributed by atoms with Crippen LogP contribution in [-0.4, -0.2) is 70.6 Å². The molecule has 37 heavy (non-hydrogen) atoms. The summed E-state index contributed by atoms with van der Waals surface area (Å²) < 4.78 is 61.1. The molecule has 0 saturated carbocycles. The summed E-state index contributed by atoms with van der Waals surface area (Å²) in [6, 6.07) is 5.79. The first-order valence-electron chi connectivity index (χ1n) is 11.9. The average molecular weight is 521 g/mol. The van der Waals surface area contributed by atoms with Crippen molar-refractivity contribution in [3.05, 3.63) is 47.0 Å². The number of pyridine rings is 1. The summed E-state index contributed by atoms with van der Waals surface area (Å²) in [6.07, 6.45) is -6.31. The SMILES string of the molecule is CC(C)c1cc(C(=O)NCC#Cc2nn3c(N[C@@H]4CCN(C)C[C@@H]4F)cccc3c2CC(F)(F)F)on1. The molecule has 1 saturated heterocycles. The van der Waals surface area contributed by atoms with Crippen molar-refractivity contribution < 1.29 is 26.9 Å². The normalized spacial score (nSPS) is 18.6. The number of aromatic nitrogens is 3. The van der Waals surface area contributed by atoms with Crippen molar-refractivity contribution in [2.45, 2.75) is 51.0 Å². The van der Waals surface area contributed by atoms with E-state index in [0.717, 1.165) is 0 Å². The van der Waals surface area contributed by atoms with Gasteiger partial charge >= 0.3 is 6.18 Å². The van der Waals surface area contributed by atoms with Gasteiger partial charge in [0.2, 0.25) is 5.76 Å². The quantitative estimate of drug-likeness (QED) is 0.380. The molecule has 1 fully saturated rings. The van der Waals surface area contributed by atoms with Crippen LogP contribution < -0.4 is 10.6 Å². The third-order valence-electron chi connectivity index (χ3n) is 6.10. The molecule has 0 spiro atoms. The first-order valence-corrected chi connectivity index (χ1v) is 11.9. The van der Waals surface area contributed by atoms with E-state index in [4.69, 9.17) is 4.52 Å². The molecule has 4 rings (SSSR count). The van der Waals surface area contributed by atoms with Gasteiger partial charge in [-0.1, -0.05) is 31.0 Å². The Hall–Kier alpha value is -3.59. The number of rotatable bonds is 6. The molecule has 12 heteroatoms. The number of likely N-dealkylation sites (tertiary alicyclic amines) is 1. The van der Waals surface area contributed by atoms with Gasteiger partial charge in [-0.05, 0) is 37.4 Å². The molecule has 0 unspecified atom stereocenters. The maximum atomic E-state index is 14.6.